The molecule has 0 radical (unpaired) electrons. The fraction of sp³-hybridized carbons (Fsp3) is 0.538. The summed E-state index contributed by atoms with van der Waals surface area (Å²) in [6.07, 6.45) is 1.10. The van der Waals surface area contributed by atoms with E-state index in [1.54, 1.807) is 0 Å². The van der Waals surface area contributed by atoms with E-state index in [1.807, 2.05) is 12.1 Å². The van der Waals surface area contributed by atoms with Crippen LogP contribution in [0.25, 0.3) is 0 Å². The highest BCUT2D eigenvalue weighted by Gasteiger charge is 2.27. The van der Waals surface area contributed by atoms with Crippen molar-refractivity contribution in [2.45, 2.75) is 38.9 Å². The fourth-order valence-electron chi connectivity index (χ4n) is 2.31. The van der Waals surface area contributed by atoms with Gasteiger partial charge in [-0.25, -0.2) is 0 Å². The van der Waals surface area contributed by atoms with Crippen LogP contribution < -0.4 is 5.73 Å². The van der Waals surface area contributed by atoms with E-state index in [2.05, 4.69) is 24.8 Å². The van der Waals surface area contributed by atoms with Crippen LogP contribution in [0.4, 0.5) is 0 Å². The van der Waals surface area contributed by atoms with Crippen molar-refractivity contribution < 1.29 is 0 Å². The van der Waals surface area contributed by atoms with Gasteiger partial charge in [0.15, 0.2) is 0 Å². The molecule has 0 amide bonds. The van der Waals surface area contributed by atoms with Crippen LogP contribution in [0.2, 0.25) is 5.02 Å². The summed E-state index contributed by atoms with van der Waals surface area (Å²) in [6, 6.07) is 6.92. The molecule has 1 aliphatic rings. The Bertz CT molecular complexity index is 378. The Morgan fingerprint density at radius 3 is 2.81 bits per heavy atom. The standard InChI is InChI=1S/C13H19ClN2/c1-9-7-12(14)4-3-11(9)8-16-6-5-13(15)10(16)2/h3-4,7,10,13H,5-6,8,15H2,1-2H3. The average Bonchev–Trinajstić information content (AvgIpc) is 2.54. The third-order valence-corrected chi connectivity index (χ3v) is 3.86. The third-order valence-electron chi connectivity index (χ3n) is 3.62. The Labute approximate surface area is 102 Å². The quantitative estimate of drug-likeness (QED) is 0.858. The van der Waals surface area contributed by atoms with Crippen molar-refractivity contribution in [3.63, 3.8) is 0 Å². The number of hydrogen-bond acceptors (Lipinski definition) is 2. The zero-order valence-electron chi connectivity index (χ0n) is 9.91. The van der Waals surface area contributed by atoms with E-state index in [-0.39, 0.29) is 0 Å². The van der Waals surface area contributed by atoms with Crippen LogP contribution in [0.5, 0.6) is 0 Å². The predicted molar refractivity (Wildman–Crippen MR) is 68.7 cm³/mol. The minimum atomic E-state index is 0.326. The molecule has 0 aliphatic carbocycles. The Morgan fingerprint density at radius 1 is 1.50 bits per heavy atom. The highest BCUT2D eigenvalue weighted by Crippen LogP contribution is 2.22. The van der Waals surface area contributed by atoms with Crippen LogP contribution in [0.15, 0.2) is 18.2 Å². The van der Waals surface area contributed by atoms with Crippen molar-refractivity contribution in [2.75, 3.05) is 6.54 Å². The Morgan fingerprint density at radius 2 is 2.25 bits per heavy atom. The number of aryl methyl sites for hydroxylation is 1. The van der Waals surface area contributed by atoms with E-state index in [0.717, 1.165) is 24.5 Å². The number of hydrogen-bond donors (Lipinski definition) is 1. The van der Waals surface area contributed by atoms with Gasteiger partial charge in [0, 0.05) is 30.2 Å². The molecule has 1 aromatic carbocycles. The summed E-state index contributed by atoms with van der Waals surface area (Å²) in [5.74, 6) is 0. The number of rotatable bonds is 2. The molecule has 16 heavy (non-hydrogen) atoms. The molecule has 0 bridgehead atoms. The van der Waals surface area contributed by atoms with Crippen LogP contribution in [0.1, 0.15) is 24.5 Å². The SMILES string of the molecule is Cc1cc(Cl)ccc1CN1CCC(N)C1C. The highest BCUT2D eigenvalue weighted by molar-refractivity contribution is 6.30. The van der Waals surface area contributed by atoms with Gasteiger partial charge in [0.05, 0.1) is 0 Å². The van der Waals surface area contributed by atoms with Gasteiger partial charge in [-0.05, 0) is 43.5 Å². The lowest BCUT2D eigenvalue weighted by atomic mass is 10.1. The second-order valence-electron chi connectivity index (χ2n) is 4.73. The molecule has 1 saturated heterocycles. The van der Waals surface area contributed by atoms with E-state index in [1.165, 1.54) is 11.1 Å². The molecule has 3 heteroatoms. The number of benzene rings is 1. The second kappa shape index (κ2) is 4.74. The first-order valence-electron chi connectivity index (χ1n) is 5.82. The lowest BCUT2D eigenvalue weighted by molar-refractivity contribution is 0.251. The minimum absolute atomic E-state index is 0.326. The summed E-state index contributed by atoms with van der Waals surface area (Å²) < 4.78 is 0. The van der Waals surface area contributed by atoms with Crippen molar-refractivity contribution >= 4 is 11.6 Å². The summed E-state index contributed by atoms with van der Waals surface area (Å²) >= 11 is 5.95. The highest BCUT2D eigenvalue weighted by atomic mass is 35.5. The minimum Gasteiger partial charge on any atom is -0.326 e. The molecule has 88 valence electrons. The molecule has 2 atom stereocenters. The molecular formula is C13H19ClN2. The number of nitrogens with zero attached hydrogens (tertiary/aromatic N) is 1. The molecule has 2 unspecified atom stereocenters. The van der Waals surface area contributed by atoms with Gasteiger partial charge in [0.2, 0.25) is 0 Å². The molecule has 2 rings (SSSR count). The Hall–Kier alpha value is -0.570. The summed E-state index contributed by atoms with van der Waals surface area (Å²) in [4.78, 5) is 2.45. The molecule has 2 nitrogen and oxygen atoms in total. The van der Waals surface area contributed by atoms with Crippen molar-refractivity contribution in [2.24, 2.45) is 5.73 Å². The molecule has 1 aliphatic heterocycles. The molecule has 0 saturated carbocycles. The van der Waals surface area contributed by atoms with Crippen molar-refractivity contribution in [3.8, 4) is 0 Å². The maximum absolute atomic E-state index is 6.02. The number of halogens is 1. The van der Waals surface area contributed by atoms with Gasteiger partial charge >= 0.3 is 0 Å². The van der Waals surface area contributed by atoms with E-state index in [9.17, 15) is 0 Å². The first kappa shape index (κ1) is 11.9. The predicted octanol–water partition coefficient (Wildman–Crippen LogP) is 2.57. The van der Waals surface area contributed by atoms with Crippen LogP contribution in [0.3, 0.4) is 0 Å². The van der Waals surface area contributed by atoms with E-state index in [0.29, 0.717) is 12.1 Å². The van der Waals surface area contributed by atoms with Crippen LogP contribution >= 0.6 is 11.6 Å². The smallest absolute Gasteiger partial charge is 0.0408 e. The van der Waals surface area contributed by atoms with Crippen LogP contribution in [-0.4, -0.2) is 23.5 Å². The molecule has 2 N–H and O–H groups in total. The van der Waals surface area contributed by atoms with Gasteiger partial charge < -0.3 is 5.73 Å². The number of likely N-dealkylation sites (tertiary alicyclic amines) is 1. The van der Waals surface area contributed by atoms with E-state index >= 15 is 0 Å². The fourth-order valence-corrected chi connectivity index (χ4v) is 2.54. The zero-order valence-corrected chi connectivity index (χ0v) is 10.7. The average molecular weight is 239 g/mol. The Balaban J connectivity index is 2.09. The topological polar surface area (TPSA) is 29.3 Å². The maximum Gasteiger partial charge on any atom is 0.0408 e. The largest absolute Gasteiger partial charge is 0.326 e. The van der Waals surface area contributed by atoms with Gasteiger partial charge in [-0.1, -0.05) is 17.7 Å². The lowest BCUT2D eigenvalue weighted by Crippen LogP contribution is -2.36. The molecule has 1 aromatic rings. The normalized spacial score (nSPS) is 26.2. The van der Waals surface area contributed by atoms with Gasteiger partial charge in [-0.2, -0.15) is 0 Å². The summed E-state index contributed by atoms with van der Waals surface area (Å²) in [5.41, 5.74) is 8.64. The van der Waals surface area contributed by atoms with E-state index < -0.39 is 0 Å². The van der Waals surface area contributed by atoms with Crippen LogP contribution in [0, 0.1) is 6.92 Å². The molecule has 1 fully saturated rings. The molecular weight excluding hydrogens is 220 g/mol. The van der Waals surface area contributed by atoms with Gasteiger partial charge in [-0.3, -0.25) is 4.90 Å². The summed E-state index contributed by atoms with van der Waals surface area (Å²) in [5, 5.41) is 0.812. The maximum atomic E-state index is 6.02. The monoisotopic (exact) mass is 238 g/mol. The third kappa shape index (κ3) is 2.40. The van der Waals surface area contributed by atoms with E-state index in [4.69, 9.17) is 17.3 Å². The zero-order chi connectivity index (χ0) is 11.7. The van der Waals surface area contributed by atoms with Gasteiger partial charge in [-0.15, -0.1) is 0 Å². The number of nitrogens with two attached hydrogens (primary N) is 1. The second-order valence-corrected chi connectivity index (χ2v) is 5.17. The van der Waals surface area contributed by atoms with Gasteiger partial charge in [0.25, 0.3) is 0 Å². The van der Waals surface area contributed by atoms with Crippen molar-refractivity contribution in [1.29, 1.82) is 0 Å². The lowest BCUT2D eigenvalue weighted by Gasteiger charge is -2.23. The van der Waals surface area contributed by atoms with Crippen molar-refractivity contribution in [1.82, 2.24) is 4.90 Å². The first-order chi connectivity index (χ1) is 7.58. The summed E-state index contributed by atoms with van der Waals surface area (Å²) in [6.45, 7) is 6.41. The van der Waals surface area contributed by atoms with Gasteiger partial charge in [0.1, 0.15) is 0 Å². The molecule has 1 heterocycles. The van der Waals surface area contributed by atoms with Crippen LogP contribution in [-0.2, 0) is 6.54 Å². The van der Waals surface area contributed by atoms with Crippen molar-refractivity contribution in [3.05, 3.63) is 34.3 Å². The first-order valence-corrected chi connectivity index (χ1v) is 6.20. The summed E-state index contributed by atoms with van der Waals surface area (Å²) in [7, 11) is 0. The molecule has 0 spiro atoms. The molecule has 0 aromatic heterocycles. The Kier molecular flexibility index (Phi) is 3.53.